The van der Waals surface area contributed by atoms with E-state index in [0.29, 0.717) is 0 Å². The van der Waals surface area contributed by atoms with Crippen LogP contribution in [0, 0.1) is 17.6 Å². The van der Waals surface area contributed by atoms with Gasteiger partial charge in [-0.05, 0) is 37.0 Å². The van der Waals surface area contributed by atoms with E-state index in [1.54, 1.807) is 0 Å². The summed E-state index contributed by atoms with van der Waals surface area (Å²) in [6.07, 6.45) is 3.08. The molecule has 15 heavy (non-hydrogen) atoms. The molecule has 1 nitrogen and oxygen atoms in total. The molecule has 0 amide bonds. The van der Waals surface area contributed by atoms with Gasteiger partial charge >= 0.3 is 0 Å². The van der Waals surface area contributed by atoms with Gasteiger partial charge in [0.1, 0.15) is 11.6 Å². The number of hydrogen-bond acceptors (Lipinski definition) is 1. The first kappa shape index (κ1) is 10.6. The smallest absolute Gasteiger partial charge is 0.129 e. The second-order valence-corrected chi connectivity index (χ2v) is 4.16. The highest BCUT2D eigenvalue weighted by atomic mass is 19.1. The summed E-state index contributed by atoms with van der Waals surface area (Å²) in [6, 6.07) is 3.24. The standard InChI is InChI=1S/C12H14F2O/c13-9-5-6-11(14)10(7-9)12(15)8-3-1-2-4-8/h5-8,12,15H,1-4H2/t12-/m0/s1. The molecule has 0 aromatic heterocycles. The van der Waals surface area contributed by atoms with Crippen molar-refractivity contribution < 1.29 is 13.9 Å². The third-order valence-corrected chi connectivity index (χ3v) is 3.12. The summed E-state index contributed by atoms with van der Waals surface area (Å²) in [4.78, 5) is 0. The van der Waals surface area contributed by atoms with E-state index in [0.717, 1.165) is 43.9 Å². The predicted octanol–water partition coefficient (Wildman–Crippen LogP) is 3.19. The lowest BCUT2D eigenvalue weighted by Gasteiger charge is -2.18. The highest BCUT2D eigenvalue weighted by Crippen LogP contribution is 2.36. The molecule has 1 aliphatic carbocycles. The number of aliphatic hydroxyl groups is 1. The van der Waals surface area contributed by atoms with E-state index in [9.17, 15) is 13.9 Å². The Morgan fingerprint density at radius 2 is 1.87 bits per heavy atom. The van der Waals surface area contributed by atoms with E-state index in [2.05, 4.69) is 0 Å². The van der Waals surface area contributed by atoms with Gasteiger partial charge < -0.3 is 5.11 Å². The zero-order valence-corrected chi connectivity index (χ0v) is 8.42. The molecule has 0 spiro atoms. The van der Waals surface area contributed by atoms with E-state index < -0.39 is 17.7 Å². The van der Waals surface area contributed by atoms with Crippen LogP contribution in [0.5, 0.6) is 0 Å². The van der Waals surface area contributed by atoms with Crippen molar-refractivity contribution in [2.24, 2.45) is 5.92 Å². The van der Waals surface area contributed by atoms with Gasteiger partial charge in [0.2, 0.25) is 0 Å². The Bertz CT molecular complexity index is 345. The van der Waals surface area contributed by atoms with Gasteiger partial charge in [-0.15, -0.1) is 0 Å². The third-order valence-electron chi connectivity index (χ3n) is 3.12. The van der Waals surface area contributed by atoms with Gasteiger partial charge in [-0.3, -0.25) is 0 Å². The normalized spacial score (nSPS) is 19.4. The maximum absolute atomic E-state index is 13.3. The Morgan fingerprint density at radius 1 is 1.20 bits per heavy atom. The largest absolute Gasteiger partial charge is 0.388 e. The molecule has 82 valence electrons. The van der Waals surface area contributed by atoms with Crippen LogP contribution in [0.1, 0.15) is 37.4 Å². The number of rotatable bonds is 2. The van der Waals surface area contributed by atoms with E-state index >= 15 is 0 Å². The molecular formula is C12H14F2O. The van der Waals surface area contributed by atoms with Crippen LogP contribution < -0.4 is 0 Å². The van der Waals surface area contributed by atoms with E-state index in [4.69, 9.17) is 0 Å². The topological polar surface area (TPSA) is 20.2 Å². The fraction of sp³-hybridized carbons (Fsp3) is 0.500. The first-order chi connectivity index (χ1) is 7.18. The highest BCUT2D eigenvalue weighted by molar-refractivity contribution is 5.21. The summed E-state index contributed by atoms with van der Waals surface area (Å²) in [7, 11) is 0. The minimum Gasteiger partial charge on any atom is -0.388 e. The van der Waals surface area contributed by atoms with Crippen LogP contribution in [0.4, 0.5) is 8.78 Å². The number of hydrogen-bond donors (Lipinski definition) is 1. The molecule has 1 N–H and O–H groups in total. The minimum absolute atomic E-state index is 0.0845. The monoisotopic (exact) mass is 212 g/mol. The van der Waals surface area contributed by atoms with Crippen molar-refractivity contribution in [3.05, 3.63) is 35.4 Å². The van der Waals surface area contributed by atoms with E-state index in [-0.39, 0.29) is 11.5 Å². The lowest BCUT2D eigenvalue weighted by Crippen LogP contribution is -2.11. The van der Waals surface area contributed by atoms with Crippen molar-refractivity contribution in [3.63, 3.8) is 0 Å². The SMILES string of the molecule is O[C@H](c1cc(F)ccc1F)C1CCCC1. The third kappa shape index (κ3) is 2.17. The Balaban J connectivity index is 2.23. The number of aliphatic hydroxyl groups excluding tert-OH is 1. The molecule has 2 rings (SSSR count). The molecule has 1 fully saturated rings. The summed E-state index contributed by atoms with van der Waals surface area (Å²) in [5.74, 6) is -0.930. The summed E-state index contributed by atoms with van der Waals surface area (Å²) in [5.41, 5.74) is 0.0990. The van der Waals surface area contributed by atoms with Crippen LogP contribution in [0.25, 0.3) is 0 Å². The van der Waals surface area contributed by atoms with Crippen molar-refractivity contribution in [2.45, 2.75) is 31.8 Å². The summed E-state index contributed by atoms with van der Waals surface area (Å²) in [5, 5.41) is 9.92. The average molecular weight is 212 g/mol. The van der Waals surface area contributed by atoms with Gasteiger partial charge in [0.25, 0.3) is 0 Å². The first-order valence-corrected chi connectivity index (χ1v) is 5.31. The van der Waals surface area contributed by atoms with Crippen molar-refractivity contribution in [1.82, 2.24) is 0 Å². The van der Waals surface area contributed by atoms with E-state index in [1.807, 2.05) is 0 Å². The second kappa shape index (κ2) is 4.27. The molecule has 1 aromatic rings. The van der Waals surface area contributed by atoms with Crippen LogP contribution in [0.2, 0.25) is 0 Å². The van der Waals surface area contributed by atoms with Crippen LogP contribution in [-0.2, 0) is 0 Å². The first-order valence-electron chi connectivity index (χ1n) is 5.31. The van der Waals surface area contributed by atoms with Crippen LogP contribution in [0.3, 0.4) is 0 Å². The molecule has 3 heteroatoms. The van der Waals surface area contributed by atoms with Crippen LogP contribution >= 0.6 is 0 Å². The van der Waals surface area contributed by atoms with Gasteiger partial charge in [-0.1, -0.05) is 12.8 Å². The van der Waals surface area contributed by atoms with Gasteiger partial charge in [-0.25, -0.2) is 8.78 Å². The Hall–Kier alpha value is -0.960. The average Bonchev–Trinajstić information content (AvgIpc) is 2.74. The molecule has 0 radical (unpaired) electrons. The fourth-order valence-corrected chi connectivity index (χ4v) is 2.27. The minimum atomic E-state index is -0.858. The summed E-state index contributed by atoms with van der Waals surface area (Å²) < 4.78 is 26.3. The molecule has 0 saturated heterocycles. The molecule has 0 unspecified atom stereocenters. The molecule has 1 aliphatic rings. The van der Waals surface area contributed by atoms with Crippen LogP contribution in [-0.4, -0.2) is 5.11 Å². The maximum atomic E-state index is 13.3. The Morgan fingerprint density at radius 3 is 2.53 bits per heavy atom. The summed E-state index contributed by atoms with van der Waals surface area (Å²) >= 11 is 0. The van der Waals surface area contributed by atoms with Crippen LogP contribution in [0.15, 0.2) is 18.2 Å². The molecule has 0 aliphatic heterocycles. The molecule has 1 aromatic carbocycles. The molecule has 0 bridgehead atoms. The molecule has 1 atom stereocenters. The number of benzene rings is 1. The van der Waals surface area contributed by atoms with E-state index in [1.165, 1.54) is 0 Å². The Kier molecular flexibility index (Phi) is 3.00. The Labute approximate surface area is 87.7 Å². The highest BCUT2D eigenvalue weighted by Gasteiger charge is 2.26. The maximum Gasteiger partial charge on any atom is 0.129 e. The number of halogens is 2. The quantitative estimate of drug-likeness (QED) is 0.798. The van der Waals surface area contributed by atoms with Crippen molar-refractivity contribution >= 4 is 0 Å². The molecule has 0 heterocycles. The van der Waals surface area contributed by atoms with Gasteiger partial charge in [0.05, 0.1) is 6.10 Å². The fourth-order valence-electron chi connectivity index (χ4n) is 2.27. The van der Waals surface area contributed by atoms with Gasteiger partial charge in [0, 0.05) is 5.56 Å². The molecular weight excluding hydrogens is 198 g/mol. The van der Waals surface area contributed by atoms with Crippen molar-refractivity contribution in [2.75, 3.05) is 0 Å². The van der Waals surface area contributed by atoms with Crippen molar-refractivity contribution in [1.29, 1.82) is 0 Å². The molecule has 1 saturated carbocycles. The van der Waals surface area contributed by atoms with Gasteiger partial charge in [-0.2, -0.15) is 0 Å². The zero-order chi connectivity index (χ0) is 10.8. The van der Waals surface area contributed by atoms with Gasteiger partial charge in [0.15, 0.2) is 0 Å². The lowest BCUT2D eigenvalue weighted by molar-refractivity contribution is 0.107. The summed E-state index contributed by atoms with van der Waals surface area (Å²) in [6.45, 7) is 0. The lowest BCUT2D eigenvalue weighted by atomic mass is 9.94. The van der Waals surface area contributed by atoms with Crippen molar-refractivity contribution in [3.8, 4) is 0 Å². The zero-order valence-electron chi connectivity index (χ0n) is 8.42. The predicted molar refractivity (Wildman–Crippen MR) is 53.3 cm³/mol. The second-order valence-electron chi connectivity index (χ2n) is 4.16.